The van der Waals surface area contributed by atoms with Gasteiger partial charge in [-0.1, -0.05) is 45.8 Å². The van der Waals surface area contributed by atoms with Crippen LogP contribution in [-0.2, 0) is 14.3 Å². The van der Waals surface area contributed by atoms with Crippen molar-refractivity contribution in [2.45, 2.75) is 90.4 Å². The Kier molecular flexibility index (Phi) is 8.77. The lowest BCUT2D eigenvalue weighted by Gasteiger charge is -2.30. The second-order valence-corrected chi connectivity index (χ2v) is 8.88. The minimum absolute atomic E-state index is 0.110. The summed E-state index contributed by atoms with van der Waals surface area (Å²) in [6.45, 7) is 7.69. The predicted molar refractivity (Wildman–Crippen MR) is 106 cm³/mol. The average Bonchev–Trinajstić information content (AvgIpc) is 3.22. The van der Waals surface area contributed by atoms with E-state index in [1.807, 2.05) is 6.08 Å². The van der Waals surface area contributed by atoms with Gasteiger partial charge in [0.25, 0.3) is 0 Å². The van der Waals surface area contributed by atoms with Gasteiger partial charge in [0.05, 0.1) is 24.9 Å². The zero-order chi connectivity index (χ0) is 19.9. The molecule has 0 radical (unpaired) electrons. The molecule has 5 nitrogen and oxygen atoms in total. The minimum atomic E-state index is -0.748. The van der Waals surface area contributed by atoms with Crippen LogP contribution in [-0.4, -0.2) is 47.7 Å². The molecule has 2 N–H and O–H groups in total. The normalized spacial score (nSPS) is 28.9. The third-order valence-corrected chi connectivity index (χ3v) is 6.22. The fraction of sp³-hybridized carbons (Fsp3) is 0.864. The number of fused-ring (bicyclic) bond motifs is 2. The van der Waals surface area contributed by atoms with Crippen LogP contribution < -0.4 is 0 Å². The Morgan fingerprint density at radius 2 is 2.00 bits per heavy atom. The monoisotopic (exact) mass is 382 g/mol. The van der Waals surface area contributed by atoms with Gasteiger partial charge in [0.2, 0.25) is 0 Å². The van der Waals surface area contributed by atoms with Crippen LogP contribution in [0.25, 0.3) is 0 Å². The van der Waals surface area contributed by atoms with Crippen molar-refractivity contribution in [3.63, 3.8) is 0 Å². The molecular formula is C22H38O5. The molecule has 2 fully saturated rings. The minimum Gasteiger partial charge on any atom is -0.481 e. The summed E-state index contributed by atoms with van der Waals surface area (Å²) in [5.74, 6) is -0.105. The first kappa shape index (κ1) is 22.4. The summed E-state index contributed by atoms with van der Waals surface area (Å²) < 4.78 is 11.9. The molecule has 5 heteroatoms. The van der Waals surface area contributed by atoms with E-state index in [-0.39, 0.29) is 24.0 Å². The van der Waals surface area contributed by atoms with Crippen LogP contribution in [0.3, 0.4) is 0 Å². The Morgan fingerprint density at radius 3 is 2.70 bits per heavy atom. The molecule has 1 unspecified atom stereocenters. The fourth-order valence-corrected chi connectivity index (χ4v) is 4.27. The number of hydrogen-bond donors (Lipinski definition) is 2. The van der Waals surface area contributed by atoms with Crippen molar-refractivity contribution in [2.75, 3.05) is 13.2 Å². The van der Waals surface area contributed by atoms with Crippen LogP contribution in [0.1, 0.15) is 72.1 Å². The number of aliphatic hydroxyl groups excluding tert-OH is 1. The van der Waals surface area contributed by atoms with Crippen molar-refractivity contribution in [2.24, 2.45) is 17.3 Å². The zero-order valence-electron chi connectivity index (χ0n) is 17.2. The lowest BCUT2D eigenvalue weighted by Crippen LogP contribution is -2.31. The first-order valence-corrected chi connectivity index (χ1v) is 10.7. The molecule has 0 aliphatic carbocycles. The van der Waals surface area contributed by atoms with E-state index in [1.165, 1.54) is 0 Å². The molecule has 2 aliphatic rings. The molecule has 5 atom stereocenters. The van der Waals surface area contributed by atoms with Crippen molar-refractivity contribution in [1.29, 1.82) is 0 Å². The summed E-state index contributed by atoms with van der Waals surface area (Å²) in [6.07, 6.45) is 11.3. The number of rotatable bonds is 13. The lowest BCUT2D eigenvalue weighted by atomic mass is 9.77. The van der Waals surface area contributed by atoms with E-state index < -0.39 is 12.1 Å². The van der Waals surface area contributed by atoms with Gasteiger partial charge in [-0.3, -0.25) is 4.79 Å². The second kappa shape index (κ2) is 10.6. The highest BCUT2D eigenvalue weighted by Crippen LogP contribution is 2.44. The third-order valence-electron chi connectivity index (χ3n) is 6.22. The number of aliphatic hydroxyl groups is 1. The van der Waals surface area contributed by atoms with Crippen LogP contribution >= 0.6 is 0 Å². The summed E-state index contributed by atoms with van der Waals surface area (Å²) >= 11 is 0. The highest BCUT2D eigenvalue weighted by atomic mass is 16.5. The van der Waals surface area contributed by atoms with Gasteiger partial charge < -0.3 is 19.7 Å². The van der Waals surface area contributed by atoms with Gasteiger partial charge >= 0.3 is 5.97 Å². The molecule has 0 saturated carbocycles. The molecule has 2 saturated heterocycles. The summed E-state index contributed by atoms with van der Waals surface area (Å²) in [5.41, 5.74) is -0.110. The van der Waals surface area contributed by atoms with Crippen molar-refractivity contribution < 1.29 is 24.5 Å². The molecule has 2 heterocycles. The lowest BCUT2D eigenvalue weighted by molar-refractivity contribution is -0.137. The molecule has 27 heavy (non-hydrogen) atoms. The quantitative estimate of drug-likeness (QED) is 0.369. The Morgan fingerprint density at radius 1 is 1.26 bits per heavy atom. The Hall–Kier alpha value is -0.910. The molecule has 156 valence electrons. The zero-order valence-corrected chi connectivity index (χ0v) is 17.2. The largest absolute Gasteiger partial charge is 0.481 e. The number of hydrogen-bond acceptors (Lipinski definition) is 4. The third kappa shape index (κ3) is 6.58. The number of carbonyl (C=O) groups is 1. The molecule has 0 aromatic rings. The maximum absolute atomic E-state index is 10.6. The van der Waals surface area contributed by atoms with E-state index in [4.69, 9.17) is 14.6 Å². The molecule has 2 bridgehead atoms. The average molecular weight is 383 g/mol. The predicted octanol–water partition coefficient (Wildman–Crippen LogP) is 4.19. The molecule has 2 aliphatic heterocycles. The summed E-state index contributed by atoms with van der Waals surface area (Å²) in [4.78, 5) is 10.5. The second-order valence-electron chi connectivity index (χ2n) is 8.88. The number of carboxylic acid groups (broad SMARTS) is 1. The molecule has 0 aromatic heterocycles. The van der Waals surface area contributed by atoms with Crippen LogP contribution in [0.15, 0.2) is 12.2 Å². The van der Waals surface area contributed by atoms with Crippen molar-refractivity contribution >= 4 is 5.97 Å². The Balaban J connectivity index is 1.82. The number of aliphatic carboxylic acids is 1. The SMILES string of the molecule is CCCCC(C)(C)C(O)C=C[C@H]1[C@@H](COCCCCC(=O)O)[C@H]2CC[C@@H]1O2. The van der Waals surface area contributed by atoms with E-state index in [1.54, 1.807) is 0 Å². The molecule has 0 spiro atoms. The van der Waals surface area contributed by atoms with Gasteiger partial charge in [0.15, 0.2) is 0 Å². The van der Waals surface area contributed by atoms with Crippen molar-refractivity contribution in [3.05, 3.63) is 12.2 Å². The van der Waals surface area contributed by atoms with E-state index in [2.05, 4.69) is 26.8 Å². The van der Waals surface area contributed by atoms with E-state index >= 15 is 0 Å². The van der Waals surface area contributed by atoms with Gasteiger partial charge in [-0.05, 0) is 37.5 Å². The van der Waals surface area contributed by atoms with Crippen LogP contribution in [0.4, 0.5) is 0 Å². The molecule has 2 rings (SSSR count). The summed E-state index contributed by atoms with van der Waals surface area (Å²) in [5, 5.41) is 19.3. The number of unbranched alkanes of at least 4 members (excludes halogenated alkanes) is 2. The molecule has 0 aromatic carbocycles. The summed E-state index contributed by atoms with van der Waals surface area (Å²) in [6, 6.07) is 0. The van der Waals surface area contributed by atoms with Gasteiger partial charge in [0, 0.05) is 24.9 Å². The topological polar surface area (TPSA) is 76.0 Å². The van der Waals surface area contributed by atoms with Crippen LogP contribution in [0.2, 0.25) is 0 Å². The van der Waals surface area contributed by atoms with Crippen LogP contribution in [0, 0.1) is 17.3 Å². The van der Waals surface area contributed by atoms with E-state index in [9.17, 15) is 9.90 Å². The first-order chi connectivity index (χ1) is 12.8. The Bertz CT molecular complexity index is 487. The van der Waals surface area contributed by atoms with Crippen LogP contribution in [0.5, 0.6) is 0 Å². The van der Waals surface area contributed by atoms with Gasteiger partial charge in [0.1, 0.15) is 0 Å². The fourth-order valence-electron chi connectivity index (χ4n) is 4.27. The van der Waals surface area contributed by atoms with Crippen molar-refractivity contribution in [3.8, 4) is 0 Å². The maximum atomic E-state index is 10.6. The van der Waals surface area contributed by atoms with E-state index in [0.717, 1.165) is 38.5 Å². The molecule has 0 amide bonds. The van der Waals surface area contributed by atoms with E-state index in [0.29, 0.717) is 31.5 Å². The van der Waals surface area contributed by atoms with Crippen molar-refractivity contribution in [1.82, 2.24) is 0 Å². The highest BCUT2D eigenvalue weighted by molar-refractivity contribution is 5.66. The van der Waals surface area contributed by atoms with Gasteiger partial charge in [-0.15, -0.1) is 0 Å². The molecular weight excluding hydrogens is 344 g/mol. The number of ether oxygens (including phenoxy) is 2. The van der Waals surface area contributed by atoms with Gasteiger partial charge in [-0.25, -0.2) is 0 Å². The standard InChI is InChI=1S/C22H38O5/c1-4-5-13-22(2,3)20(23)12-9-16-17(19-11-10-18(16)27-19)15-26-14-7-6-8-21(24)25/h9,12,16-20,23H,4-8,10-11,13-15H2,1-3H3,(H,24,25)/t16-,17+,18-,19+,20?/m0/s1. The first-order valence-electron chi connectivity index (χ1n) is 10.7. The summed E-state index contributed by atoms with van der Waals surface area (Å²) in [7, 11) is 0. The van der Waals surface area contributed by atoms with Gasteiger partial charge in [-0.2, -0.15) is 0 Å². The number of carboxylic acids is 1. The maximum Gasteiger partial charge on any atom is 0.303 e. The smallest absolute Gasteiger partial charge is 0.303 e. The highest BCUT2D eigenvalue weighted by Gasteiger charge is 2.47. The Labute approximate surface area is 164 Å².